The first-order valence-corrected chi connectivity index (χ1v) is 7.54. The van der Waals surface area contributed by atoms with Crippen molar-refractivity contribution in [1.82, 2.24) is 14.5 Å². The minimum absolute atomic E-state index is 0.0719. The Morgan fingerprint density at radius 2 is 2.32 bits per heavy atom. The topological polar surface area (TPSA) is 30.7 Å². The zero-order valence-electron chi connectivity index (χ0n) is 11.7. The number of alkyl halides is 1. The van der Waals surface area contributed by atoms with E-state index in [4.69, 9.17) is 16.6 Å². The SMILES string of the molecule is CCCC1CC1n1c(C(C)Cl)nc2cc(C)cnc21. The molecule has 1 fully saturated rings. The highest BCUT2D eigenvalue weighted by Gasteiger charge is 2.40. The van der Waals surface area contributed by atoms with Crippen molar-refractivity contribution in [3.05, 3.63) is 23.7 Å². The van der Waals surface area contributed by atoms with Crippen LogP contribution in [0.1, 0.15) is 55.9 Å². The predicted molar refractivity (Wildman–Crippen MR) is 78.6 cm³/mol. The third-order valence-electron chi connectivity index (χ3n) is 3.93. The van der Waals surface area contributed by atoms with E-state index in [0.717, 1.165) is 28.5 Å². The molecule has 0 spiro atoms. The average Bonchev–Trinajstić information content (AvgIpc) is 3.00. The first-order chi connectivity index (χ1) is 9.11. The van der Waals surface area contributed by atoms with Gasteiger partial charge in [-0.25, -0.2) is 9.97 Å². The van der Waals surface area contributed by atoms with E-state index in [2.05, 4.69) is 22.5 Å². The Morgan fingerprint density at radius 1 is 1.53 bits per heavy atom. The maximum Gasteiger partial charge on any atom is 0.160 e. The number of fused-ring (bicyclic) bond motifs is 1. The van der Waals surface area contributed by atoms with Gasteiger partial charge in [-0.2, -0.15) is 0 Å². The molecule has 1 aliphatic carbocycles. The lowest BCUT2D eigenvalue weighted by Gasteiger charge is -2.09. The number of aromatic nitrogens is 3. The van der Waals surface area contributed by atoms with Crippen LogP contribution in [0.4, 0.5) is 0 Å². The second kappa shape index (κ2) is 4.78. The molecule has 102 valence electrons. The number of hydrogen-bond acceptors (Lipinski definition) is 2. The van der Waals surface area contributed by atoms with E-state index in [9.17, 15) is 0 Å². The molecular formula is C15H20ClN3. The number of halogens is 1. The van der Waals surface area contributed by atoms with Gasteiger partial charge in [-0.05, 0) is 44.2 Å². The van der Waals surface area contributed by atoms with Crippen LogP contribution in [-0.4, -0.2) is 14.5 Å². The second-order valence-corrected chi connectivity index (χ2v) is 6.32. The van der Waals surface area contributed by atoms with E-state index in [-0.39, 0.29) is 5.38 Å². The first-order valence-electron chi connectivity index (χ1n) is 7.10. The Hall–Kier alpha value is -1.09. The van der Waals surface area contributed by atoms with Crippen molar-refractivity contribution in [2.75, 3.05) is 0 Å². The van der Waals surface area contributed by atoms with Gasteiger partial charge in [0, 0.05) is 12.2 Å². The Labute approximate surface area is 119 Å². The van der Waals surface area contributed by atoms with Crippen LogP contribution in [0.2, 0.25) is 0 Å². The Morgan fingerprint density at radius 3 is 3.00 bits per heavy atom. The summed E-state index contributed by atoms with van der Waals surface area (Å²) in [4.78, 5) is 9.28. The Kier molecular flexibility index (Phi) is 3.25. The molecule has 0 N–H and O–H groups in total. The fraction of sp³-hybridized carbons (Fsp3) is 0.600. The molecule has 3 rings (SSSR count). The third kappa shape index (κ3) is 2.25. The molecule has 1 aliphatic rings. The van der Waals surface area contributed by atoms with Crippen LogP contribution in [0.15, 0.2) is 12.3 Å². The van der Waals surface area contributed by atoms with E-state index in [1.807, 2.05) is 20.0 Å². The van der Waals surface area contributed by atoms with Gasteiger partial charge in [-0.1, -0.05) is 13.3 Å². The van der Waals surface area contributed by atoms with Crippen LogP contribution in [0.5, 0.6) is 0 Å². The van der Waals surface area contributed by atoms with Gasteiger partial charge >= 0.3 is 0 Å². The van der Waals surface area contributed by atoms with E-state index < -0.39 is 0 Å². The summed E-state index contributed by atoms with van der Waals surface area (Å²) in [5, 5.41) is -0.0719. The highest BCUT2D eigenvalue weighted by atomic mass is 35.5. The summed E-state index contributed by atoms with van der Waals surface area (Å²) >= 11 is 6.31. The lowest BCUT2D eigenvalue weighted by Crippen LogP contribution is -2.04. The van der Waals surface area contributed by atoms with Crippen molar-refractivity contribution >= 4 is 22.8 Å². The van der Waals surface area contributed by atoms with Gasteiger partial charge in [0.05, 0.1) is 5.38 Å². The summed E-state index contributed by atoms with van der Waals surface area (Å²) < 4.78 is 2.28. The van der Waals surface area contributed by atoms with Gasteiger partial charge < -0.3 is 4.57 Å². The summed E-state index contributed by atoms with van der Waals surface area (Å²) in [7, 11) is 0. The molecular weight excluding hydrogens is 258 g/mol. The molecule has 2 heterocycles. The average molecular weight is 278 g/mol. The summed E-state index contributed by atoms with van der Waals surface area (Å²) in [6, 6.07) is 2.65. The first kappa shape index (κ1) is 12.9. The lowest BCUT2D eigenvalue weighted by molar-refractivity contribution is 0.595. The number of rotatable bonds is 4. The molecule has 0 saturated heterocycles. The minimum Gasteiger partial charge on any atom is -0.308 e. The summed E-state index contributed by atoms with van der Waals surface area (Å²) in [5.74, 6) is 1.75. The molecule has 0 amide bonds. The van der Waals surface area contributed by atoms with E-state index in [0.29, 0.717) is 6.04 Å². The second-order valence-electron chi connectivity index (χ2n) is 5.66. The molecule has 1 saturated carbocycles. The van der Waals surface area contributed by atoms with Crippen LogP contribution < -0.4 is 0 Å². The van der Waals surface area contributed by atoms with Crippen LogP contribution in [-0.2, 0) is 0 Å². The number of imidazole rings is 1. The molecule has 2 aromatic rings. The largest absolute Gasteiger partial charge is 0.308 e. The van der Waals surface area contributed by atoms with Crippen molar-refractivity contribution in [1.29, 1.82) is 0 Å². The lowest BCUT2D eigenvalue weighted by atomic mass is 10.2. The summed E-state index contributed by atoms with van der Waals surface area (Å²) in [6.45, 7) is 6.28. The maximum absolute atomic E-state index is 6.31. The highest BCUT2D eigenvalue weighted by Crippen LogP contribution is 2.49. The number of pyridine rings is 1. The van der Waals surface area contributed by atoms with Crippen LogP contribution >= 0.6 is 11.6 Å². The molecule has 19 heavy (non-hydrogen) atoms. The summed E-state index contributed by atoms with van der Waals surface area (Å²) in [6.07, 6.45) is 5.68. The van der Waals surface area contributed by atoms with E-state index >= 15 is 0 Å². The Balaban J connectivity index is 2.08. The molecule has 0 bridgehead atoms. The standard InChI is InChI=1S/C15H20ClN3/c1-4-5-11-7-13(11)19-14(10(3)16)18-12-6-9(2)8-17-15(12)19/h6,8,10-11,13H,4-5,7H2,1-3H3. The van der Waals surface area contributed by atoms with Gasteiger partial charge in [0.2, 0.25) is 0 Å². The van der Waals surface area contributed by atoms with E-state index in [1.165, 1.54) is 19.3 Å². The zero-order valence-corrected chi connectivity index (χ0v) is 12.5. The zero-order chi connectivity index (χ0) is 13.6. The van der Waals surface area contributed by atoms with Gasteiger partial charge in [0.25, 0.3) is 0 Å². The summed E-state index contributed by atoms with van der Waals surface area (Å²) in [5.41, 5.74) is 3.12. The number of aryl methyl sites for hydroxylation is 1. The van der Waals surface area contributed by atoms with Crippen molar-refractivity contribution in [3.63, 3.8) is 0 Å². The van der Waals surface area contributed by atoms with Crippen molar-refractivity contribution in [2.45, 2.75) is 51.5 Å². The van der Waals surface area contributed by atoms with E-state index in [1.54, 1.807) is 0 Å². The smallest absolute Gasteiger partial charge is 0.160 e. The molecule has 0 aliphatic heterocycles. The monoisotopic (exact) mass is 277 g/mol. The highest BCUT2D eigenvalue weighted by molar-refractivity contribution is 6.20. The molecule has 3 atom stereocenters. The van der Waals surface area contributed by atoms with Crippen molar-refractivity contribution in [3.8, 4) is 0 Å². The van der Waals surface area contributed by atoms with Crippen LogP contribution in [0, 0.1) is 12.8 Å². The molecule has 0 radical (unpaired) electrons. The van der Waals surface area contributed by atoms with Gasteiger partial charge in [0.1, 0.15) is 11.3 Å². The predicted octanol–water partition coefficient (Wildman–Crippen LogP) is 4.40. The van der Waals surface area contributed by atoms with Crippen molar-refractivity contribution < 1.29 is 0 Å². The third-order valence-corrected chi connectivity index (χ3v) is 4.12. The van der Waals surface area contributed by atoms with Gasteiger partial charge in [-0.3, -0.25) is 0 Å². The number of hydrogen-bond donors (Lipinski definition) is 0. The van der Waals surface area contributed by atoms with Crippen LogP contribution in [0.3, 0.4) is 0 Å². The molecule has 3 unspecified atom stereocenters. The Bertz CT molecular complexity index is 603. The number of nitrogens with zero attached hydrogens (tertiary/aromatic N) is 3. The molecule has 4 heteroatoms. The minimum atomic E-state index is -0.0719. The van der Waals surface area contributed by atoms with Crippen LogP contribution in [0.25, 0.3) is 11.2 Å². The van der Waals surface area contributed by atoms with Crippen molar-refractivity contribution in [2.24, 2.45) is 5.92 Å². The molecule has 2 aromatic heterocycles. The molecule has 0 aromatic carbocycles. The fourth-order valence-corrected chi connectivity index (χ4v) is 3.09. The maximum atomic E-state index is 6.31. The van der Waals surface area contributed by atoms with Gasteiger partial charge in [-0.15, -0.1) is 11.6 Å². The quantitative estimate of drug-likeness (QED) is 0.776. The fourth-order valence-electron chi connectivity index (χ4n) is 2.94. The molecule has 3 nitrogen and oxygen atoms in total. The van der Waals surface area contributed by atoms with Gasteiger partial charge in [0.15, 0.2) is 5.65 Å². The normalized spacial score (nSPS) is 23.8.